The fourth-order valence-corrected chi connectivity index (χ4v) is 2.91. The van der Waals surface area contributed by atoms with Crippen molar-refractivity contribution in [3.63, 3.8) is 0 Å². The van der Waals surface area contributed by atoms with Gasteiger partial charge in [-0.05, 0) is 23.6 Å². The smallest absolute Gasteiger partial charge is 0.225 e. The molecule has 3 rings (SSSR count). The first-order chi connectivity index (χ1) is 11.3. The third-order valence-corrected chi connectivity index (χ3v) is 4.41. The van der Waals surface area contributed by atoms with Gasteiger partial charge in [0.25, 0.3) is 0 Å². The minimum absolute atomic E-state index is 0.430. The van der Waals surface area contributed by atoms with Crippen LogP contribution in [0.3, 0.4) is 0 Å². The van der Waals surface area contributed by atoms with Crippen molar-refractivity contribution in [2.24, 2.45) is 0 Å². The first-order valence-electron chi connectivity index (χ1n) is 8.27. The quantitative estimate of drug-likeness (QED) is 0.914. The van der Waals surface area contributed by atoms with Crippen molar-refractivity contribution in [2.45, 2.75) is 19.4 Å². The van der Waals surface area contributed by atoms with E-state index in [0.29, 0.717) is 6.54 Å². The number of anilines is 1. The lowest BCUT2D eigenvalue weighted by molar-refractivity contribution is 0.109. The number of piperazine rings is 1. The molecular formula is C18H24N4O. The molecule has 1 fully saturated rings. The Morgan fingerprint density at radius 2 is 1.70 bits per heavy atom. The van der Waals surface area contributed by atoms with Crippen LogP contribution < -0.4 is 4.90 Å². The average Bonchev–Trinajstić information content (AvgIpc) is 2.63. The molecule has 1 saturated heterocycles. The number of aromatic nitrogens is 2. The van der Waals surface area contributed by atoms with Gasteiger partial charge in [0.2, 0.25) is 5.95 Å². The normalized spacial score (nSPS) is 17.2. The van der Waals surface area contributed by atoms with Crippen molar-refractivity contribution in [3.8, 4) is 0 Å². The van der Waals surface area contributed by atoms with E-state index in [-0.39, 0.29) is 0 Å². The van der Waals surface area contributed by atoms with Gasteiger partial charge in [-0.25, -0.2) is 9.97 Å². The van der Waals surface area contributed by atoms with Crippen molar-refractivity contribution in [1.29, 1.82) is 0 Å². The first kappa shape index (κ1) is 15.9. The highest BCUT2D eigenvalue weighted by atomic mass is 16.3. The largest absolute Gasteiger partial charge is 0.387 e. The number of nitrogens with zero attached hydrogens (tertiary/aromatic N) is 4. The lowest BCUT2D eigenvalue weighted by Gasteiger charge is -2.35. The molecule has 0 amide bonds. The lowest BCUT2D eigenvalue weighted by Crippen LogP contribution is -2.48. The van der Waals surface area contributed by atoms with Gasteiger partial charge in [0.05, 0.1) is 6.10 Å². The summed E-state index contributed by atoms with van der Waals surface area (Å²) >= 11 is 0. The fourth-order valence-electron chi connectivity index (χ4n) is 2.91. The van der Waals surface area contributed by atoms with Crippen molar-refractivity contribution < 1.29 is 5.11 Å². The molecule has 1 atom stereocenters. The van der Waals surface area contributed by atoms with E-state index in [9.17, 15) is 5.11 Å². The Morgan fingerprint density at radius 3 is 2.30 bits per heavy atom. The molecule has 5 nitrogen and oxygen atoms in total. The maximum atomic E-state index is 10.4. The molecule has 0 bridgehead atoms. The van der Waals surface area contributed by atoms with Gasteiger partial charge in [-0.2, -0.15) is 0 Å². The minimum Gasteiger partial charge on any atom is -0.387 e. The Morgan fingerprint density at radius 1 is 1.04 bits per heavy atom. The SMILES string of the molecule is CCc1ccc(C(O)CN2CCN(c3ncccn3)CC2)cc1. The Bertz CT molecular complexity index is 594. The number of benzene rings is 1. The number of aliphatic hydroxyl groups excluding tert-OH is 1. The minimum atomic E-state index is -0.430. The summed E-state index contributed by atoms with van der Waals surface area (Å²) in [5.41, 5.74) is 2.30. The molecule has 1 unspecified atom stereocenters. The van der Waals surface area contributed by atoms with Crippen molar-refractivity contribution in [3.05, 3.63) is 53.9 Å². The summed E-state index contributed by atoms with van der Waals surface area (Å²) in [6.45, 7) is 6.44. The second kappa shape index (κ2) is 7.53. The summed E-state index contributed by atoms with van der Waals surface area (Å²) in [4.78, 5) is 13.1. The number of hydrogen-bond acceptors (Lipinski definition) is 5. The number of rotatable bonds is 5. The molecule has 0 radical (unpaired) electrons. The predicted octanol–water partition coefficient (Wildman–Crippen LogP) is 1.89. The highest BCUT2D eigenvalue weighted by molar-refractivity contribution is 5.29. The van der Waals surface area contributed by atoms with Crippen LogP contribution in [0.5, 0.6) is 0 Å². The zero-order valence-corrected chi connectivity index (χ0v) is 13.6. The van der Waals surface area contributed by atoms with E-state index in [2.05, 4.69) is 38.8 Å². The first-order valence-corrected chi connectivity index (χ1v) is 8.27. The van der Waals surface area contributed by atoms with Gasteiger partial charge in [0.1, 0.15) is 0 Å². The van der Waals surface area contributed by atoms with E-state index in [1.807, 2.05) is 18.2 Å². The van der Waals surface area contributed by atoms with E-state index < -0.39 is 6.10 Å². The van der Waals surface area contributed by atoms with Gasteiger partial charge in [0.15, 0.2) is 0 Å². The Kier molecular flexibility index (Phi) is 5.20. The molecule has 1 aliphatic rings. The van der Waals surface area contributed by atoms with E-state index in [1.165, 1.54) is 5.56 Å². The average molecular weight is 312 g/mol. The second-order valence-corrected chi connectivity index (χ2v) is 5.95. The molecule has 23 heavy (non-hydrogen) atoms. The Hall–Kier alpha value is -1.98. The van der Waals surface area contributed by atoms with Crippen LogP contribution in [0.15, 0.2) is 42.7 Å². The molecule has 1 aromatic carbocycles. The van der Waals surface area contributed by atoms with Crippen LogP contribution >= 0.6 is 0 Å². The molecule has 1 aliphatic heterocycles. The Balaban J connectivity index is 1.51. The topological polar surface area (TPSA) is 52.5 Å². The maximum absolute atomic E-state index is 10.4. The third-order valence-electron chi connectivity index (χ3n) is 4.41. The summed E-state index contributed by atoms with van der Waals surface area (Å²) < 4.78 is 0. The molecule has 0 spiro atoms. The summed E-state index contributed by atoms with van der Waals surface area (Å²) in [6, 6.07) is 10.1. The van der Waals surface area contributed by atoms with Crippen LogP contribution in [0.2, 0.25) is 0 Å². The van der Waals surface area contributed by atoms with Crippen LogP contribution in [0.1, 0.15) is 24.2 Å². The van der Waals surface area contributed by atoms with Gasteiger partial charge in [-0.3, -0.25) is 4.90 Å². The number of β-amino-alcohol motifs (C(OH)–C–C–N with tert-alkyl or cyclic N) is 1. The summed E-state index contributed by atoms with van der Waals surface area (Å²) in [6.07, 6.45) is 4.15. The monoisotopic (exact) mass is 312 g/mol. The third kappa shape index (κ3) is 4.06. The van der Waals surface area contributed by atoms with Crippen molar-refractivity contribution in [1.82, 2.24) is 14.9 Å². The summed E-state index contributed by atoms with van der Waals surface area (Å²) in [5, 5.41) is 10.4. The molecular weight excluding hydrogens is 288 g/mol. The second-order valence-electron chi connectivity index (χ2n) is 5.95. The summed E-state index contributed by atoms with van der Waals surface area (Å²) in [7, 11) is 0. The molecule has 2 aromatic rings. The van der Waals surface area contributed by atoms with Crippen molar-refractivity contribution in [2.75, 3.05) is 37.6 Å². The number of aryl methyl sites for hydroxylation is 1. The van der Waals surface area contributed by atoms with E-state index in [4.69, 9.17) is 0 Å². The zero-order chi connectivity index (χ0) is 16.1. The van der Waals surface area contributed by atoms with Gasteiger partial charge < -0.3 is 10.0 Å². The maximum Gasteiger partial charge on any atom is 0.225 e. The number of aliphatic hydroxyl groups is 1. The molecule has 1 aromatic heterocycles. The van der Waals surface area contributed by atoms with E-state index >= 15 is 0 Å². The highest BCUT2D eigenvalue weighted by Gasteiger charge is 2.21. The van der Waals surface area contributed by atoms with Gasteiger partial charge in [-0.15, -0.1) is 0 Å². The van der Waals surface area contributed by atoms with E-state index in [0.717, 1.165) is 44.1 Å². The van der Waals surface area contributed by atoms with Gasteiger partial charge >= 0.3 is 0 Å². The van der Waals surface area contributed by atoms with Crippen LogP contribution in [-0.4, -0.2) is 52.7 Å². The van der Waals surface area contributed by atoms with Crippen LogP contribution in [0.25, 0.3) is 0 Å². The van der Waals surface area contributed by atoms with Gasteiger partial charge in [0, 0.05) is 45.1 Å². The molecule has 1 N–H and O–H groups in total. The number of hydrogen-bond donors (Lipinski definition) is 1. The molecule has 0 saturated carbocycles. The molecule has 2 heterocycles. The molecule has 5 heteroatoms. The van der Waals surface area contributed by atoms with Crippen molar-refractivity contribution >= 4 is 5.95 Å². The zero-order valence-electron chi connectivity index (χ0n) is 13.6. The molecule has 122 valence electrons. The highest BCUT2D eigenvalue weighted by Crippen LogP contribution is 2.17. The predicted molar refractivity (Wildman–Crippen MR) is 91.5 cm³/mol. The van der Waals surface area contributed by atoms with Gasteiger partial charge in [-0.1, -0.05) is 31.2 Å². The van der Waals surface area contributed by atoms with E-state index in [1.54, 1.807) is 12.4 Å². The van der Waals surface area contributed by atoms with Crippen LogP contribution in [-0.2, 0) is 6.42 Å². The standard InChI is InChI=1S/C18H24N4O/c1-2-15-4-6-16(7-5-15)17(23)14-21-10-12-22(13-11-21)18-19-8-3-9-20-18/h3-9,17,23H,2,10-14H2,1H3. The lowest BCUT2D eigenvalue weighted by atomic mass is 10.1. The van der Waals surface area contributed by atoms with Crippen LogP contribution in [0.4, 0.5) is 5.95 Å². The summed E-state index contributed by atoms with van der Waals surface area (Å²) in [5.74, 6) is 0.794. The van der Waals surface area contributed by atoms with Crippen LogP contribution in [0, 0.1) is 0 Å². The fraction of sp³-hybridized carbons (Fsp3) is 0.444. The Labute approximate surface area is 137 Å². The molecule has 0 aliphatic carbocycles.